The molecule has 0 spiro atoms. The van der Waals surface area contributed by atoms with Crippen molar-refractivity contribution < 1.29 is 14.3 Å². The van der Waals surface area contributed by atoms with E-state index >= 15 is 0 Å². The number of hydrogen-bond acceptors (Lipinski definition) is 6. The van der Waals surface area contributed by atoms with Crippen LogP contribution in [0.1, 0.15) is 22.8 Å². The zero-order valence-corrected chi connectivity index (χ0v) is 19.0. The van der Waals surface area contributed by atoms with Gasteiger partial charge in [-0.05, 0) is 49.4 Å². The number of aromatic nitrogens is 2. The molecule has 2 aromatic carbocycles. The smallest absolute Gasteiger partial charge is 0.259 e. The summed E-state index contributed by atoms with van der Waals surface area (Å²) in [5.74, 6) is 2.46. The Morgan fingerprint density at radius 2 is 1.76 bits per heavy atom. The van der Waals surface area contributed by atoms with Crippen LogP contribution in [-0.4, -0.2) is 29.5 Å². The van der Waals surface area contributed by atoms with E-state index in [0.717, 1.165) is 28.3 Å². The predicted octanol–water partition coefficient (Wildman–Crippen LogP) is 5.45. The third-order valence-electron chi connectivity index (χ3n) is 5.68. The SMILES string of the molecule is CCN1c2ncccc2C(=O)Nc2c(COc3ccccc3)cc(-c3cccc(OC)c3)nc21. The Morgan fingerprint density at radius 1 is 0.941 bits per heavy atom. The van der Waals surface area contributed by atoms with Gasteiger partial charge in [0.2, 0.25) is 0 Å². The Morgan fingerprint density at radius 3 is 2.56 bits per heavy atom. The summed E-state index contributed by atoms with van der Waals surface area (Å²) in [5.41, 5.74) is 3.58. The van der Waals surface area contributed by atoms with Crippen molar-refractivity contribution in [3.05, 3.63) is 90.1 Å². The molecule has 170 valence electrons. The zero-order chi connectivity index (χ0) is 23.5. The molecule has 34 heavy (non-hydrogen) atoms. The number of pyridine rings is 2. The maximum Gasteiger partial charge on any atom is 0.259 e. The molecule has 0 atom stereocenters. The minimum Gasteiger partial charge on any atom is -0.497 e. The largest absolute Gasteiger partial charge is 0.497 e. The number of nitrogens with zero attached hydrogens (tertiary/aromatic N) is 3. The molecule has 4 aromatic rings. The Labute approximate surface area is 198 Å². The lowest BCUT2D eigenvalue weighted by molar-refractivity contribution is 0.102. The third-order valence-corrected chi connectivity index (χ3v) is 5.68. The summed E-state index contributed by atoms with van der Waals surface area (Å²) >= 11 is 0. The Bertz CT molecular complexity index is 1340. The lowest BCUT2D eigenvalue weighted by atomic mass is 10.1. The van der Waals surface area contributed by atoms with Gasteiger partial charge >= 0.3 is 0 Å². The van der Waals surface area contributed by atoms with E-state index in [1.807, 2.05) is 72.5 Å². The van der Waals surface area contributed by atoms with E-state index in [0.29, 0.717) is 29.4 Å². The molecule has 7 heteroatoms. The second-order valence-corrected chi connectivity index (χ2v) is 7.77. The van der Waals surface area contributed by atoms with E-state index in [-0.39, 0.29) is 12.5 Å². The van der Waals surface area contributed by atoms with Crippen molar-refractivity contribution in [1.29, 1.82) is 0 Å². The summed E-state index contributed by atoms with van der Waals surface area (Å²) in [6, 6.07) is 22.8. The molecule has 1 aliphatic rings. The average Bonchev–Trinajstić information content (AvgIpc) is 3.01. The number of ether oxygens (including phenoxy) is 2. The number of para-hydroxylation sites is 1. The van der Waals surface area contributed by atoms with Gasteiger partial charge < -0.3 is 19.7 Å². The number of amides is 1. The Balaban J connectivity index is 1.67. The molecule has 0 radical (unpaired) electrons. The lowest BCUT2D eigenvalue weighted by Crippen LogP contribution is -2.20. The fourth-order valence-electron chi connectivity index (χ4n) is 4.01. The van der Waals surface area contributed by atoms with Crippen LogP contribution in [-0.2, 0) is 6.61 Å². The van der Waals surface area contributed by atoms with Gasteiger partial charge in [0.05, 0.1) is 24.1 Å². The maximum atomic E-state index is 13.1. The quantitative estimate of drug-likeness (QED) is 0.419. The van der Waals surface area contributed by atoms with Crippen LogP contribution < -0.4 is 19.7 Å². The van der Waals surface area contributed by atoms with Gasteiger partial charge in [-0.2, -0.15) is 0 Å². The number of methoxy groups -OCH3 is 1. The number of hydrogen-bond donors (Lipinski definition) is 1. The highest BCUT2D eigenvalue weighted by Gasteiger charge is 2.29. The number of carbonyl (C=O) groups is 1. The van der Waals surface area contributed by atoms with Crippen molar-refractivity contribution in [3.8, 4) is 22.8 Å². The van der Waals surface area contributed by atoms with Crippen LogP contribution >= 0.6 is 0 Å². The van der Waals surface area contributed by atoms with E-state index in [2.05, 4.69) is 10.3 Å². The second-order valence-electron chi connectivity index (χ2n) is 7.77. The fraction of sp³-hybridized carbons (Fsp3) is 0.148. The first-order chi connectivity index (χ1) is 16.7. The average molecular weight is 453 g/mol. The molecule has 5 rings (SSSR count). The van der Waals surface area contributed by atoms with Crippen LogP contribution in [0.2, 0.25) is 0 Å². The minimum absolute atomic E-state index is 0.225. The Kier molecular flexibility index (Phi) is 5.82. The van der Waals surface area contributed by atoms with Gasteiger partial charge in [-0.15, -0.1) is 0 Å². The molecule has 0 saturated heterocycles. The molecule has 0 fully saturated rings. The minimum atomic E-state index is -0.225. The third kappa shape index (κ3) is 4.03. The number of anilines is 3. The molecule has 1 amide bonds. The van der Waals surface area contributed by atoms with Gasteiger partial charge in [-0.25, -0.2) is 9.97 Å². The summed E-state index contributed by atoms with van der Waals surface area (Å²) in [4.78, 5) is 24.6. The van der Waals surface area contributed by atoms with E-state index in [1.54, 1.807) is 25.4 Å². The monoisotopic (exact) mass is 452 g/mol. The first-order valence-electron chi connectivity index (χ1n) is 11.1. The highest BCUT2D eigenvalue weighted by Crippen LogP contribution is 2.40. The van der Waals surface area contributed by atoms with Crippen LogP contribution in [0.25, 0.3) is 11.3 Å². The summed E-state index contributed by atoms with van der Waals surface area (Å²) in [6.07, 6.45) is 1.69. The van der Waals surface area contributed by atoms with Crippen LogP contribution in [0.15, 0.2) is 79.0 Å². The van der Waals surface area contributed by atoms with E-state index in [1.165, 1.54) is 0 Å². The van der Waals surface area contributed by atoms with Crippen LogP contribution in [0, 0.1) is 0 Å². The summed E-state index contributed by atoms with van der Waals surface area (Å²) in [7, 11) is 1.64. The normalized spacial score (nSPS) is 12.3. The van der Waals surface area contributed by atoms with E-state index in [9.17, 15) is 4.79 Å². The van der Waals surface area contributed by atoms with Crippen molar-refractivity contribution in [2.45, 2.75) is 13.5 Å². The van der Waals surface area contributed by atoms with Crippen molar-refractivity contribution in [2.75, 3.05) is 23.9 Å². The topological polar surface area (TPSA) is 76.6 Å². The van der Waals surface area contributed by atoms with Gasteiger partial charge in [0, 0.05) is 23.9 Å². The van der Waals surface area contributed by atoms with Crippen molar-refractivity contribution in [3.63, 3.8) is 0 Å². The van der Waals surface area contributed by atoms with Crippen molar-refractivity contribution >= 4 is 23.2 Å². The van der Waals surface area contributed by atoms with E-state index in [4.69, 9.17) is 14.5 Å². The van der Waals surface area contributed by atoms with Gasteiger partial charge in [-0.1, -0.05) is 30.3 Å². The van der Waals surface area contributed by atoms with Crippen molar-refractivity contribution in [1.82, 2.24) is 9.97 Å². The molecule has 1 aliphatic heterocycles. The molecular formula is C27H24N4O3. The van der Waals surface area contributed by atoms with Gasteiger partial charge in [0.25, 0.3) is 5.91 Å². The highest BCUT2D eigenvalue weighted by molar-refractivity contribution is 6.12. The van der Waals surface area contributed by atoms with E-state index < -0.39 is 0 Å². The predicted molar refractivity (Wildman–Crippen MR) is 132 cm³/mol. The number of nitrogens with one attached hydrogen (secondary N) is 1. The van der Waals surface area contributed by atoms with Crippen LogP contribution in [0.4, 0.5) is 17.3 Å². The number of carbonyl (C=O) groups excluding carboxylic acids is 1. The molecule has 7 nitrogen and oxygen atoms in total. The summed E-state index contributed by atoms with van der Waals surface area (Å²) in [6.45, 7) is 2.85. The molecule has 0 aliphatic carbocycles. The number of fused-ring (bicyclic) bond motifs is 2. The van der Waals surface area contributed by atoms with Gasteiger partial charge in [0.15, 0.2) is 5.82 Å². The zero-order valence-electron chi connectivity index (χ0n) is 19.0. The molecule has 0 unspecified atom stereocenters. The van der Waals surface area contributed by atoms with Crippen molar-refractivity contribution in [2.24, 2.45) is 0 Å². The summed E-state index contributed by atoms with van der Waals surface area (Å²) in [5, 5.41) is 3.06. The Hall–Kier alpha value is -4.39. The molecule has 0 bridgehead atoms. The summed E-state index contributed by atoms with van der Waals surface area (Å²) < 4.78 is 11.5. The molecule has 3 heterocycles. The molecule has 0 saturated carbocycles. The van der Waals surface area contributed by atoms with Crippen LogP contribution in [0.3, 0.4) is 0 Å². The standard InChI is InChI=1S/C27H24N4O3/c1-3-31-25-22(13-8-14-28-25)27(32)30-24-19(17-34-20-10-5-4-6-11-20)16-23(29-26(24)31)18-9-7-12-21(15-18)33-2/h4-16H,3,17H2,1-2H3,(H,30,32). The second kappa shape index (κ2) is 9.23. The van der Waals surface area contributed by atoms with Crippen LogP contribution in [0.5, 0.6) is 11.5 Å². The fourth-order valence-corrected chi connectivity index (χ4v) is 4.01. The first-order valence-corrected chi connectivity index (χ1v) is 11.1. The molecule has 1 N–H and O–H groups in total. The first kappa shape index (κ1) is 21.5. The van der Waals surface area contributed by atoms with Gasteiger partial charge in [0.1, 0.15) is 23.9 Å². The number of rotatable bonds is 6. The number of benzene rings is 2. The lowest BCUT2D eigenvalue weighted by Gasteiger charge is -2.24. The maximum absolute atomic E-state index is 13.1. The highest BCUT2D eigenvalue weighted by atomic mass is 16.5. The molecule has 2 aromatic heterocycles. The molecular weight excluding hydrogens is 428 g/mol. The van der Waals surface area contributed by atoms with Gasteiger partial charge in [-0.3, -0.25) is 4.79 Å².